The summed E-state index contributed by atoms with van der Waals surface area (Å²) in [5, 5.41) is 0.784. The lowest BCUT2D eigenvalue weighted by atomic mass is 10.4. The topological polar surface area (TPSA) is 60.9 Å². The molecule has 108 valence electrons. The minimum absolute atomic E-state index is 0.348. The van der Waals surface area contributed by atoms with Crippen LogP contribution in [0.1, 0.15) is 15.4 Å². The van der Waals surface area contributed by atoms with Crippen molar-refractivity contribution in [1.29, 1.82) is 0 Å². The number of methoxy groups -OCH3 is 3. The summed E-state index contributed by atoms with van der Waals surface area (Å²) in [5.41, 5.74) is 0.687. The largest absolute Gasteiger partial charge is 0.465 e. The molecule has 19 heavy (non-hydrogen) atoms. The Kier molecular flexibility index (Phi) is 6.75. The SMILES string of the molecule is COCCN(CCOC)c1nc(C)c(C(=O)OC)s1. The van der Waals surface area contributed by atoms with Gasteiger partial charge in [0.05, 0.1) is 26.0 Å². The summed E-state index contributed by atoms with van der Waals surface area (Å²) in [4.78, 5) is 18.6. The van der Waals surface area contributed by atoms with E-state index in [0.717, 1.165) is 5.13 Å². The highest BCUT2D eigenvalue weighted by Gasteiger charge is 2.19. The Morgan fingerprint density at radius 3 is 2.26 bits per heavy atom. The van der Waals surface area contributed by atoms with E-state index in [0.29, 0.717) is 36.9 Å². The molecule has 0 aliphatic carbocycles. The van der Waals surface area contributed by atoms with E-state index >= 15 is 0 Å². The number of hydrogen-bond donors (Lipinski definition) is 0. The molecule has 1 heterocycles. The Morgan fingerprint density at radius 2 is 1.79 bits per heavy atom. The van der Waals surface area contributed by atoms with E-state index in [2.05, 4.69) is 4.98 Å². The highest BCUT2D eigenvalue weighted by molar-refractivity contribution is 7.17. The second kappa shape index (κ2) is 8.08. The molecule has 0 spiro atoms. The lowest BCUT2D eigenvalue weighted by Crippen LogP contribution is -2.30. The predicted octanol–water partition coefficient (Wildman–Crippen LogP) is 1.34. The van der Waals surface area contributed by atoms with Crippen molar-refractivity contribution in [2.45, 2.75) is 6.92 Å². The molecule has 1 aromatic rings. The zero-order valence-electron chi connectivity index (χ0n) is 11.8. The molecule has 0 N–H and O–H groups in total. The first kappa shape index (κ1) is 15.9. The van der Waals surface area contributed by atoms with E-state index in [4.69, 9.17) is 14.2 Å². The van der Waals surface area contributed by atoms with Crippen LogP contribution in [0.4, 0.5) is 5.13 Å². The molecule has 1 rings (SSSR count). The Labute approximate surface area is 117 Å². The maximum atomic E-state index is 11.6. The number of rotatable bonds is 8. The van der Waals surface area contributed by atoms with Gasteiger partial charge in [-0.3, -0.25) is 0 Å². The number of esters is 1. The van der Waals surface area contributed by atoms with E-state index in [1.54, 1.807) is 21.1 Å². The van der Waals surface area contributed by atoms with Crippen LogP contribution in [-0.2, 0) is 14.2 Å². The summed E-state index contributed by atoms with van der Waals surface area (Å²) in [5.74, 6) is -0.348. The maximum absolute atomic E-state index is 11.6. The number of anilines is 1. The van der Waals surface area contributed by atoms with Gasteiger partial charge in [0.1, 0.15) is 4.88 Å². The first-order valence-electron chi connectivity index (χ1n) is 5.92. The first-order valence-corrected chi connectivity index (χ1v) is 6.74. The van der Waals surface area contributed by atoms with Gasteiger partial charge in [0.2, 0.25) is 0 Å². The number of hydrogen-bond acceptors (Lipinski definition) is 7. The lowest BCUT2D eigenvalue weighted by molar-refractivity contribution is 0.0605. The van der Waals surface area contributed by atoms with Crippen LogP contribution < -0.4 is 4.90 Å². The van der Waals surface area contributed by atoms with Crippen molar-refractivity contribution in [2.24, 2.45) is 0 Å². The van der Waals surface area contributed by atoms with Gasteiger partial charge in [-0.2, -0.15) is 0 Å². The van der Waals surface area contributed by atoms with Gasteiger partial charge in [0, 0.05) is 27.3 Å². The molecule has 7 heteroatoms. The van der Waals surface area contributed by atoms with Gasteiger partial charge in [-0.15, -0.1) is 0 Å². The quantitative estimate of drug-likeness (QED) is 0.673. The van der Waals surface area contributed by atoms with Crippen LogP contribution in [-0.4, -0.2) is 58.6 Å². The van der Waals surface area contributed by atoms with Crippen molar-refractivity contribution >= 4 is 22.4 Å². The van der Waals surface area contributed by atoms with Crippen molar-refractivity contribution in [3.05, 3.63) is 10.6 Å². The second-order valence-corrected chi connectivity index (χ2v) is 4.85. The van der Waals surface area contributed by atoms with Crippen LogP contribution in [0.25, 0.3) is 0 Å². The standard InChI is InChI=1S/C12H20N2O4S/c1-9-10(11(15)18-4)19-12(13-9)14(5-7-16-2)6-8-17-3/h5-8H2,1-4H3. The number of aryl methyl sites for hydroxylation is 1. The molecule has 0 saturated heterocycles. The molecule has 0 aliphatic heterocycles. The van der Waals surface area contributed by atoms with Crippen molar-refractivity contribution < 1.29 is 19.0 Å². The number of carbonyl (C=O) groups excluding carboxylic acids is 1. The molecule has 6 nitrogen and oxygen atoms in total. The number of aromatic nitrogens is 1. The Hall–Kier alpha value is -1.18. The average molecular weight is 288 g/mol. The van der Waals surface area contributed by atoms with Crippen LogP contribution in [0.5, 0.6) is 0 Å². The number of thiazole rings is 1. The van der Waals surface area contributed by atoms with Gasteiger partial charge in [0.25, 0.3) is 0 Å². The molecule has 0 saturated carbocycles. The first-order chi connectivity index (χ1) is 9.13. The van der Waals surface area contributed by atoms with Crippen LogP contribution >= 0.6 is 11.3 Å². The van der Waals surface area contributed by atoms with Gasteiger partial charge in [-0.05, 0) is 6.92 Å². The third-order valence-corrected chi connectivity index (χ3v) is 3.76. The molecule has 0 unspecified atom stereocenters. The van der Waals surface area contributed by atoms with Gasteiger partial charge >= 0.3 is 5.97 Å². The van der Waals surface area contributed by atoms with E-state index in [9.17, 15) is 4.79 Å². The van der Waals surface area contributed by atoms with Crippen LogP contribution in [0.2, 0.25) is 0 Å². The highest BCUT2D eigenvalue weighted by atomic mass is 32.1. The van der Waals surface area contributed by atoms with E-state index in [-0.39, 0.29) is 5.97 Å². The number of nitrogens with zero attached hydrogens (tertiary/aromatic N) is 2. The second-order valence-electron chi connectivity index (χ2n) is 3.88. The van der Waals surface area contributed by atoms with Crippen molar-refractivity contribution in [1.82, 2.24) is 4.98 Å². The molecule has 0 aromatic carbocycles. The van der Waals surface area contributed by atoms with Crippen LogP contribution in [0.3, 0.4) is 0 Å². The molecule has 0 aliphatic rings. The molecule has 0 amide bonds. The number of ether oxygens (including phenoxy) is 3. The molecular weight excluding hydrogens is 268 g/mol. The third kappa shape index (κ3) is 4.45. The van der Waals surface area contributed by atoms with E-state index < -0.39 is 0 Å². The van der Waals surface area contributed by atoms with Crippen LogP contribution in [0, 0.1) is 6.92 Å². The van der Waals surface area contributed by atoms with Crippen molar-refractivity contribution in [3.63, 3.8) is 0 Å². The minimum Gasteiger partial charge on any atom is -0.465 e. The Morgan fingerprint density at radius 1 is 1.21 bits per heavy atom. The summed E-state index contributed by atoms with van der Waals surface area (Å²) in [6.07, 6.45) is 0. The maximum Gasteiger partial charge on any atom is 0.350 e. The molecule has 0 atom stereocenters. The fourth-order valence-electron chi connectivity index (χ4n) is 1.51. The van der Waals surface area contributed by atoms with Gasteiger partial charge in [0.15, 0.2) is 5.13 Å². The summed E-state index contributed by atoms with van der Waals surface area (Å²) in [6, 6.07) is 0. The molecular formula is C12H20N2O4S. The Bertz CT molecular complexity index is 400. The molecule has 0 bridgehead atoms. The summed E-state index contributed by atoms with van der Waals surface area (Å²) in [6.45, 7) is 4.39. The smallest absolute Gasteiger partial charge is 0.350 e. The fourth-order valence-corrected chi connectivity index (χ4v) is 2.54. The Balaban J connectivity index is 2.85. The van der Waals surface area contributed by atoms with E-state index in [1.807, 2.05) is 4.90 Å². The van der Waals surface area contributed by atoms with E-state index in [1.165, 1.54) is 18.4 Å². The molecule has 0 fully saturated rings. The summed E-state index contributed by atoms with van der Waals surface area (Å²) < 4.78 is 14.9. The lowest BCUT2D eigenvalue weighted by Gasteiger charge is -2.20. The van der Waals surface area contributed by atoms with Crippen molar-refractivity contribution in [2.75, 3.05) is 52.5 Å². The number of carbonyl (C=O) groups is 1. The molecule has 0 radical (unpaired) electrons. The fraction of sp³-hybridized carbons (Fsp3) is 0.667. The highest BCUT2D eigenvalue weighted by Crippen LogP contribution is 2.26. The van der Waals surface area contributed by atoms with Crippen LogP contribution in [0.15, 0.2) is 0 Å². The monoisotopic (exact) mass is 288 g/mol. The minimum atomic E-state index is -0.348. The zero-order valence-corrected chi connectivity index (χ0v) is 12.6. The molecule has 1 aromatic heterocycles. The average Bonchev–Trinajstić information content (AvgIpc) is 2.80. The zero-order chi connectivity index (χ0) is 14.3. The van der Waals surface area contributed by atoms with Gasteiger partial charge in [-0.1, -0.05) is 11.3 Å². The van der Waals surface area contributed by atoms with Gasteiger partial charge < -0.3 is 19.1 Å². The summed E-state index contributed by atoms with van der Waals surface area (Å²) >= 11 is 1.33. The normalized spacial score (nSPS) is 10.5. The third-order valence-electron chi connectivity index (χ3n) is 2.56. The van der Waals surface area contributed by atoms with Gasteiger partial charge in [-0.25, -0.2) is 9.78 Å². The van der Waals surface area contributed by atoms with Crippen molar-refractivity contribution in [3.8, 4) is 0 Å². The predicted molar refractivity (Wildman–Crippen MR) is 74.2 cm³/mol. The summed E-state index contributed by atoms with van der Waals surface area (Å²) in [7, 11) is 4.68.